The predicted octanol–water partition coefficient (Wildman–Crippen LogP) is 7.85. The second-order valence-electron chi connectivity index (χ2n) is 9.22. The van der Waals surface area contributed by atoms with Crippen molar-refractivity contribution in [1.82, 2.24) is 4.90 Å². The highest BCUT2D eigenvalue weighted by atomic mass is 35.5. The van der Waals surface area contributed by atoms with E-state index in [9.17, 15) is 19.5 Å². The largest absolute Gasteiger partial charge is 0.481 e. The van der Waals surface area contributed by atoms with E-state index in [1.807, 2.05) is 66.7 Å². The van der Waals surface area contributed by atoms with Gasteiger partial charge in [-0.2, -0.15) is 11.8 Å². The van der Waals surface area contributed by atoms with Crippen LogP contribution in [0, 0.1) is 5.92 Å². The van der Waals surface area contributed by atoms with Gasteiger partial charge in [-0.1, -0.05) is 102 Å². The lowest BCUT2D eigenvalue weighted by molar-refractivity contribution is -0.144. The van der Waals surface area contributed by atoms with Gasteiger partial charge >= 0.3 is 5.97 Å². The van der Waals surface area contributed by atoms with E-state index in [2.05, 4.69) is 0 Å². The maximum absolute atomic E-state index is 13.8. The van der Waals surface area contributed by atoms with E-state index in [1.165, 1.54) is 11.8 Å². The summed E-state index contributed by atoms with van der Waals surface area (Å²) in [6.45, 7) is -0.0758. The van der Waals surface area contributed by atoms with Crippen LogP contribution in [0.4, 0.5) is 0 Å². The third kappa shape index (κ3) is 7.98. The molecule has 0 unspecified atom stereocenters. The molecule has 0 radical (unpaired) electrons. The van der Waals surface area contributed by atoms with Crippen LogP contribution >= 0.6 is 35.0 Å². The molecule has 0 saturated carbocycles. The normalized spacial score (nSPS) is 11.6. The number of hydrogen-bond donors (Lipinski definition) is 1. The molecule has 0 aliphatic heterocycles. The van der Waals surface area contributed by atoms with E-state index in [4.69, 9.17) is 23.2 Å². The van der Waals surface area contributed by atoms with Crippen molar-refractivity contribution in [3.05, 3.63) is 130 Å². The van der Waals surface area contributed by atoms with Gasteiger partial charge in [-0.3, -0.25) is 19.3 Å². The second kappa shape index (κ2) is 14.2. The van der Waals surface area contributed by atoms with Crippen molar-refractivity contribution in [2.24, 2.45) is 5.92 Å². The first-order valence-corrected chi connectivity index (χ1v) is 14.5. The molecule has 0 saturated heterocycles. The Morgan fingerprint density at radius 3 is 2.10 bits per heavy atom. The quantitative estimate of drug-likeness (QED) is 0.192. The molecule has 0 fully saturated rings. The Morgan fingerprint density at radius 2 is 1.43 bits per heavy atom. The summed E-state index contributed by atoms with van der Waals surface area (Å²) in [5, 5.41) is 10.5. The topological polar surface area (TPSA) is 74.7 Å². The average molecular weight is 593 g/mol. The Labute approximate surface area is 247 Å². The number of thioether (sulfide) groups is 1. The summed E-state index contributed by atoms with van der Waals surface area (Å²) >= 11 is 13.7. The maximum Gasteiger partial charge on any atom is 0.307 e. The Kier molecular flexibility index (Phi) is 10.4. The lowest BCUT2D eigenvalue weighted by Gasteiger charge is -2.23. The molecule has 0 spiro atoms. The van der Waals surface area contributed by atoms with E-state index in [1.54, 1.807) is 36.4 Å². The van der Waals surface area contributed by atoms with Crippen LogP contribution in [-0.4, -0.2) is 33.5 Å². The zero-order valence-electron chi connectivity index (χ0n) is 21.5. The minimum atomic E-state index is -1.08. The van der Waals surface area contributed by atoms with Gasteiger partial charge in [0.25, 0.3) is 5.91 Å². The Balaban J connectivity index is 1.57. The number of carboxylic acid groups (broad SMARTS) is 1. The molecule has 204 valence electrons. The van der Waals surface area contributed by atoms with Crippen LogP contribution in [0.1, 0.15) is 27.9 Å². The van der Waals surface area contributed by atoms with Crippen molar-refractivity contribution in [3.63, 3.8) is 0 Å². The number of carbonyl (C=O) groups is 3. The fourth-order valence-corrected chi connectivity index (χ4v) is 5.56. The molecular weight excluding hydrogens is 565 g/mol. The average Bonchev–Trinajstić information content (AvgIpc) is 2.97. The van der Waals surface area contributed by atoms with E-state index in [0.717, 1.165) is 21.6 Å². The van der Waals surface area contributed by atoms with Crippen molar-refractivity contribution in [2.75, 3.05) is 5.75 Å². The first-order chi connectivity index (χ1) is 19.3. The van der Waals surface area contributed by atoms with Gasteiger partial charge in [0.1, 0.15) is 0 Å². The molecular formula is C32H27Cl2NO4S. The fourth-order valence-electron chi connectivity index (χ4n) is 4.14. The molecule has 0 bridgehead atoms. The minimum Gasteiger partial charge on any atom is -0.481 e. The van der Waals surface area contributed by atoms with Gasteiger partial charge in [0.15, 0.2) is 0 Å². The molecule has 0 heterocycles. The Hall–Kier alpha value is -3.58. The lowest BCUT2D eigenvalue weighted by Crippen LogP contribution is -2.38. The number of imide groups is 1. The first-order valence-electron chi connectivity index (χ1n) is 12.6. The van der Waals surface area contributed by atoms with E-state index < -0.39 is 23.7 Å². The summed E-state index contributed by atoms with van der Waals surface area (Å²) in [5.74, 6) is -2.28. The molecule has 2 amide bonds. The van der Waals surface area contributed by atoms with Gasteiger partial charge in [0.2, 0.25) is 5.91 Å². The zero-order valence-corrected chi connectivity index (χ0v) is 23.8. The fraction of sp³-hybridized carbons (Fsp3) is 0.156. The second-order valence-corrected chi connectivity index (χ2v) is 11.1. The van der Waals surface area contributed by atoms with E-state index >= 15 is 0 Å². The summed E-state index contributed by atoms with van der Waals surface area (Å²) in [7, 11) is 0. The monoisotopic (exact) mass is 591 g/mol. The molecule has 0 aromatic heterocycles. The number of aliphatic carboxylic acids is 1. The van der Waals surface area contributed by atoms with Crippen molar-refractivity contribution in [3.8, 4) is 11.1 Å². The molecule has 4 rings (SSSR count). The highest BCUT2D eigenvalue weighted by Crippen LogP contribution is 2.26. The summed E-state index contributed by atoms with van der Waals surface area (Å²) in [6, 6.07) is 31.2. The Bertz CT molecular complexity index is 1480. The van der Waals surface area contributed by atoms with Gasteiger partial charge in [-0.15, -0.1) is 0 Å². The van der Waals surface area contributed by atoms with Crippen LogP contribution < -0.4 is 0 Å². The molecule has 0 aliphatic carbocycles. The summed E-state index contributed by atoms with van der Waals surface area (Å²) in [5.41, 5.74) is 3.74. The third-order valence-electron chi connectivity index (χ3n) is 6.29. The smallest absolute Gasteiger partial charge is 0.307 e. The number of amides is 2. The zero-order chi connectivity index (χ0) is 28.5. The van der Waals surface area contributed by atoms with Crippen LogP contribution in [0.15, 0.2) is 103 Å². The number of hydrogen-bond acceptors (Lipinski definition) is 4. The van der Waals surface area contributed by atoms with Gasteiger partial charge in [0, 0.05) is 23.5 Å². The van der Waals surface area contributed by atoms with Gasteiger partial charge in [0.05, 0.1) is 22.5 Å². The SMILES string of the molecule is O=C(O)[C@H](CSCc1ccccc1)CC(=O)N(Cc1ccc(Cl)c(Cl)c1)C(=O)c1cccc(-c2ccccc2)c1. The van der Waals surface area contributed by atoms with Gasteiger partial charge in [-0.25, -0.2) is 0 Å². The van der Waals surface area contributed by atoms with Gasteiger partial charge in [-0.05, 0) is 46.5 Å². The molecule has 40 heavy (non-hydrogen) atoms. The van der Waals surface area contributed by atoms with Crippen LogP contribution in [0.2, 0.25) is 10.0 Å². The van der Waals surface area contributed by atoms with E-state index in [-0.39, 0.29) is 18.7 Å². The molecule has 0 aliphatic rings. The van der Waals surface area contributed by atoms with Crippen LogP contribution in [0.25, 0.3) is 11.1 Å². The standard InChI is InChI=1S/C32H27Cl2NO4S/c33-28-15-14-23(16-29(28)34)19-35(31(37)26-13-7-12-25(17-26)24-10-5-2-6-11-24)30(36)18-27(32(38)39)21-40-20-22-8-3-1-4-9-22/h1-17,27H,18-21H2,(H,38,39)/t27-/m0/s1. The summed E-state index contributed by atoms with van der Waals surface area (Å²) < 4.78 is 0. The van der Waals surface area contributed by atoms with Crippen LogP contribution in [-0.2, 0) is 21.9 Å². The number of benzene rings is 4. The lowest BCUT2D eigenvalue weighted by atomic mass is 10.0. The summed E-state index contributed by atoms with van der Waals surface area (Å²) in [4.78, 5) is 40.5. The number of rotatable bonds is 11. The summed E-state index contributed by atoms with van der Waals surface area (Å²) in [6.07, 6.45) is -0.317. The van der Waals surface area contributed by atoms with Crippen molar-refractivity contribution >= 4 is 52.7 Å². The number of halogens is 2. The molecule has 8 heteroatoms. The Morgan fingerprint density at radius 1 is 0.750 bits per heavy atom. The first kappa shape index (κ1) is 29.4. The maximum atomic E-state index is 13.8. The minimum absolute atomic E-state index is 0.0758. The third-order valence-corrected chi connectivity index (χ3v) is 8.20. The highest BCUT2D eigenvalue weighted by molar-refractivity contribution is 7.98. The molecule has 4 aromatic rings. The van der Waals surface area contributed by atoms with Crippen LogP contribution in [0.5, 0.6) is 0 Å². The molecule has 1 atom stereocenters. The van der Waals surface area contributed by atoms with Crippen molar-refractivity contribution in [1.29, 1.82) is 0 Å². The number of carboxylic acids is 1. The molecule has 5 nitrogen and oxygen atoms in total. The van der Waals surface area contributed by atoms with Gasteiger partial charge < -0.3 is 5.11 Å². The van der Waals surface area contributed by atoms with Crippen molar-refractivity contribution < 1.29 is 19.5 Å². The highest BCUT2D eigenvalue weighted by Gasteiger charge is 2.29. The van der Waals surface area contributed by atoms with E-state index in [0.29, 0.717) is 26.9 Å². The number of nitrogens with zero attached hydrogens (tertiary/aromatic N) is 1. The van der Waals surface area contributed by atoms with Crippen molar-refractivity contribution in [2.45, 2.75) is 18.7 Å². The molecule has 1 N–H and O–H groups in total. The molecule has 4 aromatic carbocycles. The number of carbonyl (C=O) groups excluding carboxylic acids is 2. The predicted molar refractivity (Wildman–Crippen MR) is 162 cm³/mol. The van der Waals surface area contributed by atoms with Crippen LogP contribution in [0.3, 0.4) is 0 Å².